The van der Waals surface area contributed by atoms with Gasteiger partial charge in [0.05, 0.1) is 4.90 Å². The molecule has 1 heterocycles. The number of amides is 2. The molecular weight excluding hydrogens is 456 g/mol. The number of nitrogens with one attached hydrogen (secondary N) is 1. The topological polar surface area (TPSA) is 83.6 Å². The van der Waals surface area contributed by atoms with Crippen LogP contribution in [0.3, 0.4) is 0 Å². The van der Waals surface area contributed by atoms with Crippen molar-refractivity contribution in [2.24, 2.45) is 0 Å². The summed E-state index contributed by atoms with van der Waals surface area (Å²) in [7, 11) is -3.87. The fraction of sp³-hybridized carbons (Fsp3) is 0.333. The molecule has 1 aliphatic heterocycles. The third-order valence-corrected chi connectivity index (χ3v) is 8.04. The fourth-order valence-electron chi connectivity index (χ4n) is 3.18. The Morgan fingerprint density at radius 1 is 1.17 bits per heavy atom. The van der Waals surface area contributed by atoms with E-state index in [1.807, 2.05) is 24.3 Å². The van der Waals surface area contributed by atoms with Gasteiger partial charge in [-0.2, -0.15) is 0 Å². The first kappa shape index (κ1) is 21.5. The van der Waals surface area contributed by atoms with Crippen LogP contribution in [0.15, 0.2) is 57.9 Å². The lowest BCUT2D eigenvalue weighted by Crippen LogP contribution is -2.47. The van der Waals surface area contributed by atoms with Crippen molar-refractivity contribution in [3.63, 3.8) is 0 Å². The van der Waals surface area contributed by atoms with E-state index in [0.717, 1.165) is 22.1 Å². The molecule has 3 rings (SSSR count). The van der Waals surface area contributed by atoms with Crippen LogP contribution in [0.5, 0.6) is 0 Å². The average Bonchev–Trinajstić information content (AvgIpc) is 3.12. The Hall–Kier alpha value is -2.19. The second-order valence-electron chi connectivity index (χ2n) is 7.47. The van der Waals surface area contributed by atoms with E-state index < -0.39 is 20.5 Å². The molecule has 154 valence electrons. The quantitative estimate of drug-likeness (QED) is 0.688. The van der Waals surface area contributed by atoms with Crippen molar-refractivity contribution in [1.29, 1.82) is 0 Å². The van der Waals surface area contributed by atoms with E-state index in [9.17, 15) is 18.0 Å². The van der Waals surface area contributed by atoms with Gasteiger partial charge in [-0.1, -0.05) is 28.1 Å². The number of carbonyl (C=O) groups excluding carboxylic acids is 2. The van der Waals surface area contributed by atoms with Gasteiger partial charge in [-0.25, -0.2) is 8.42 Å². The Balaban J connectivity index is 1.73. The first-order valence-electron chi connectivity index (χ1n) is 9.31. The van der Waals surface area contributed by atoms with Crippen LogP contribution >= 0.6 is 15.9 Å². The molecule has 0 aliphatic carbocycles. The van der Waals surface area contributed by atoms with E-state index in [2.05, 4.69) is 21.2 Å². The zero-order valence-corrected chi connectivity index (χ0v) is 18.7. The largest absolute Gasteiger partial charge is 0.351 e. The monoisotopic (exact) mass is 478 g/mol. The molecule has 2 aromatic carbocycles. The van der Waals surface area contributed by atoms with Crippen molar-refractivity contribution in [3.8, 4) is 0 Å². The van der Waals surface area contributed by atoms with Gasteiger partial charge in [-0.05, 0) is 62.2 Å². The zero-order valence-electron chi connectivity index (χ0n) is 16.3. The molecule has 0 atom stereocenters. The summed E-state index contributed by atoms with van der Waals surface area (Å²) in [6.07, 6.45) is 1.38. The molecule has 29 heavy (non-hydrogen) atoms. The predicted molar refractivity (Wildman–Crippen MR) is 115 cm³/mol. The maximum absolute atomic E-state index is 13.0. The smallest absolute Gasteiger partial charge is 0.241 e. The van der Waals surface area contributed by atoms with Crippen LogP contribution in [0.25, 0.3) is 0 Å². The van der Waals surface area contributed by atoms with Crippen LogP contribution in [-0.4, -0.2) is 31.5 Å². The summed E-state index contributed by atoms with van der Waals surface area (Å²) in [5.74, 6) is -0.490. The first-order valence-corrected chi connectivity index (χ1v) is 11.6. The fourth-order valence-corrected chi connectivity index (χ4v) is 4.85. The maximum atomic E-state index is 13.0. The number of benzene rings is 2. The highest BCUT2D eigenvalue weighted by molar-refractivity contribution is 9.10. The highest BCUT2D eigenvalue weighted by atomic mass is 79.9. The molecule has 2 amide bonds. The van der Waals surface area contributed by atoms with Crippen LogP contribution in [0.2, 0.25) is 0 Å². The molecule has 0 radical (unpaired) electrons. The Morgan fingerprint density at radius 2 is 1.86 bits per heavy atom. The van der Waals surface area contributed by atoms with Gasteiger partial charge in [0, 0.05) is 29.7 Å². The molecule has 0 unspecified atom stereocenters. The van der Waals surface area contributed by atoms with Crippen molar-refractivity contribution in [3.05, 3.63) is 58.6 Å². The average molecular weight is 479 g/mol. The lowest BCUT2D eigenvalue weighted by atomic mass is 10.1. The SMILES string of the molecule is CC(C)(C(=O)NCc1cccc(N2CCCC2=O)c1)S(=O)(=O)c1ccc(Br)cc1. The summed E-state index contributed by atoms with van der Waals surface area (Å²) >= 11 is 3.28. The van der Waals surface area contributed by atoms with Gasteiger partial charge in [-0.3, -0.25) is 9.59 Å². The molecule has 0 bridgehead atoms. The minimum absolute atomic E-state index is 0.0907. The lowest BCUT2D eigenvalue weighted by molar-refractivity contribution is -0.123. The summed E-state index contributed by atoms with van der Waals surface area (Å²) in [6.45, 7) is 3.67. The van der Waals surface area contributed by atoms with Crippen molar-refractivity contribution in [2.75, 3.05) is 11.4 Å². The molecule has 0 spiro atoms. The Labute approximate surface area is 179 Å². The zero-order chi connectivity index (χ0) is 21.2. The van der Waals surface area contributed by atoms with Gasteiger partial charge in [0.1, 0.15) is 4.75 Å². The van der Waals surface area contributed by atoms with Crippen molar-refractivity contribution < 1.29 is 18.0 Å². The molecule has 1 saturated heterocycles. The van der Waals surface area contributed by atoms with Gasteiger partial charge in [-0.15, -0.1) is 0 Å². The summed E-state index contributed by atoms with van der Waals surface area (Å²) in [5.41, 5.74) is 1.59. The van der Waals surface area contributed by atoms with E-state index >= 15 is 0 Å². The second-order valence-corrected chi connectivity index (χ2v) is 10.9. The van der Waals surface area contributed by atoms with E-state index in [1.54, 1.807) is 17.0 Å². The summed E-state index contributed by atoms with van der Waals surface area (Å²) in [4.78, 5) is 26.5. The highest BCUT2D eigenvalue weighted by Gasteiger charge is 2.42. The minimum Gasteiger partial charge on any atom is -0.351 e. The van der Waals surface area contributed by atoms with Crippen LogP contribution in [-0.2, 0) is 26.0 Å². The van der Waals surface area contributed by atoms with Gasteiger partial charge in [0.15, 0.2) is 9.84 Å². The molecule has 0 saturated carbocycles. The highest BCUT2D eigenvalue weighted by Crippen LogP contribution is 2.27. The number of rotatable bonds is 6. The van der Waals surface area contributed by atoms with E-state index in [1.165, 1.54) is 26.0 Å². The van der Waals surface area contributed by atoms with Gasteiger partial charge in [0.2, 0.25) is 11.8 Å². The van der Waals surface area contributed by atoms with Crippen molar-refractivity contribution >= 4 is 43.3 Å². The molecule has 1 N–H and O–H groups in total. The molecule has 1 fully saturated rings. The molecular formula is C21H23BrN2O4S. The Kier molecular flexibility index (Phi) is 6.14. The maximum Gasteiger partial charge on any atom is 0.241 e. The van der Waals surface area contributed by atoms with Gasteiger partial charge in [0.25, 0.3) is 0 Å². The van der Waals surface area contributed by atoms with Gasteiger partial charge >= 0.3 is 0 Å². The number of sulfone groups is 1. The third-order valence-electron chi connectivity index (χ3n) is 5.09. The lowest BCUT2D eigenvalue weighted by Gasteiger charge is -2.24. The van der Waals surface area contributed by atoms with Crippen molar-refractivity contribution in [1.82, 2.24) is 5.32 Å². The molecule has 1 aliphatic rings. The molecule has 6 nitrogen and oxygen atoms in total. The number of carbonyl (C=O) groups is 2. The summed E-state index contributed by atoms with van der Waals surface area (Å²) in [5, 5.41) is 2.72. The second kappa shape index (κ2) is 8.28. The molecule has 8 heteroatoms. The Bertz CT molecular complexity index is 1030. The minimum atomic E-state index is -3.87. The van der Waals surface area contributed by atoms with Crippen LogP contribution in [0.1, 0.15) is 32.3 Å². The standard InChI is InChI=1S/C21H23BrN2O4S/c1-21(2,29(27,28)18-10-8-16(22)9-11-18)20(26)23-14-15-5-3-6-17(13-15)24-12-4-7-19(24)25/h3,5-6,8-11,13H,4,7,12,14H2,1-2H3,(H,23,26). The number of hydrogen-bond donors (Lipinski definition) is 1. The number of hydrogen-bond acceptors (Lipinski definition) is 4. The predicted octanol–water partition coefficient (Wildman–Crippen LogP) is 3.44. The van der Waals surface area contributed by atoms with E-state index in [4.69, 9.17) is 0 Å². The van der Waals surface area contributed by atoms with Crippen LogP contribution in [0, 0.1) is 0 Å². The third kappa shape index (κ3) is 4.38. The summed E-state index contributed by atoms with van der Waals surface area (Å²) in [6, 6.07) is 13.6. The van der Waals surface area contributed by atoms with Crippen LogP contribution in [0.4, 0.5) is 5.69 Å². The number of nitrogens with zero attached hydrogens (tertiary/aromatic N) is 1. The number of halogens is 1. The summed E-state index contributed by atoms with van der Waals surface area (Å²) < 4.78 is 25.0. The molecule has 2 aromatic rings. The van der Waals surface area contributed by atoms with Crippen molar-refractivity contribution in [2.45, 2.75) is 42.9 Å². The molecule has 0 aromatic heterocycles. The van der Waals surface area contributed by atoms with Gasteiger partial charge < -0.3 is 10.2 Å². The van der Waals surface area contributed by atoms with E-state index in [-0.39, 0.29) is 17.3 Å². The number of anilines is 1. The van der Waals surface area contributed by atoms with E-state index in [0.29, 0.717) is 13.0 Å². The Morgan fingerprint density at radius 3 is 2.48 bits per heavy atom. The first-order chi connectivity index (χ1) is 13.6. The van der Waals surface area contributed by atoms with Crippen LogP contribution < -0.4 is 10.2 Å². The normalized spacial score (nSPS) is 14.9.